The van der Waals surface area contributed by atoms with Crippen molar-refractivity contribution in [1.82, 2.24) is 10.2 Å². The van der Waals surface area contributed by atoms with Crippen LogP contribution in [0.2, 0.25) is 0 Å². The van der Waals surface area contributed by atoms with Gasteiger partial charge in [0.25, 0.3) is 5.91 Å². The maximum atomic E-state index is 12.9. The fourth-order valence-electron chi connectivity index (χ4n) is 4.56. The smallest absolute Gasteiger partial charge is 0.325 e. The van der Waals surface area contributed by atoms with Gasteiger partial charge in [-0.05, 0) is 25.0 Å². The Morgan fingerprint density at radius 2 is 1.89 bits per heavy atom. The van der Waals surface area contributed by atoms with Crippen LogP contribution in [-0.4, -0.2) is 55.6 Å². The predicted octanol–water partition coefficient (Wildman–Crippen LogP) is 1.92. The van der Waals surface area contributed by atoms with Gasteiger partial charge in [0, 0.05) is 31.5 Å². The molecule has 1 spiro atoms. The molecule has 28 heavy (non-hydrogen) atoms. The van der Waals surface area contributed by atoms with Crippen molar-refractivity contribution < 1.29 is 23.9 Å². The van der Waals surface area contributed by atoms with Gasteiger partial charge in [0.15, 0.2) is 0 Å². The molecule has 0 aromatic heterocycles. The third kappa shape index (κ3) is 2.96. The molecule has 1 aliphatic carbocycles. The number of amides is 4. The topological polar surface area (TPSA) is 88.2 Å². The van der Waals surface area contributed by atoms with E-state index in [9.17, 15) is 14.4 Å². The van der Waals surface area contributed by atoms with E-state index in [0.717, 1.165) is 12.8 Å². The minimum Gasteiger partial charge on any atom is -0.497 e. The van der Waals surface area contributed by atoms with Crippen LogP contribution in [-0.2, 0) is 9.59 Å². The van der Waals surface area contributed by atoms with Gasteiger partial charge in [-0.15, -0.1) is 0 Å². The zero-order chi connectivity index (χ0) is 19.9. The van der Waals surface area contributed by atoms with Crippen LogP contribution in [0.25, 0.3) is 0 Å². The van der Waals surface area contributed by atoms with E-state index in [4.69, 9.17) is 9.47 Å². The first-order valence-electron chi connectivity index (χ1n) is 9.64. The molecule has 4 amide bonds. The number of anilines is 1. The second kappa shape index (κ2) is 7.00. The Hall–Kier alpha value is -2.77. The number of nitrogens with one attached hydrogen (secondary N) is 1. The van der Waals surface area contributed by atoms with Gasteiger partial charge in [-0.1, -0.05) is 12.8 Å². The van der Waals surface area contributed by atoms with Crippen molar-refractivity contribution in [1.29, 1.82) is 0 Å². The average Bonchev–Trinajstić information content (AvgIpc) is 3.37. The minimum atomic E-state index is -0.713. The predicted molar refractivity (Wildman–Crippen MR) is 101 cm³/mol. The monoisotopic (exact) mass is 387 g/mol. The molecule has 8 nitrogen and oxygen atoms in total. The Bertz CT molecular complexity index is 818. The summed E-state index contributed by atoms with van der Waals surface area (Å²) in [4.78, 5) is 40.9. The second-order valence-electron chi connectivity index (χ2n) is 7.75. The molecule has 2 saturated heterocycles. The van der Waals surface area contributed by atoms with Crippen LogP contribution < -0.4 is 19.7 Å². The molecule has 4 rings (SSSR count). The quantitative estimate of drug-likeness (QED) is 0.780. The Morgan fingerprint density at radius 3 is 2.57 bits per heavy atom. The molecule has 3 fully saturated rings. The highest BCUT2D eigenvalue weighted by molar-refractivity contribution is 6.07. The van der Waals surface area contributed by atoms with E-state index in [1.54, 1.807) is 37.3 Å². The minimum absolute atomic E-state index is 0.0563. The highest BCUT2D eigenvalue weighted by atomic mass is 16.5. The molecular formula is C20H25N3O5. The van der Waals surface area contributed by atoms with E-state index in [-0.39, 0.29) is 36.7 Å². The van der Waals surface area contributed by atoms with Gasteiger partial charge in [-0.25, -0.2) is 4.79 Å². The molecule has 2 aliphatic heterocycles. The van der Waals surface area contributed by atoms with E-state index in [1.165, 1.54) is 4.90 Å². The second-order valence-corrected chi connectivity index (χ2v) is 7.75. The van der Waals surface area contributed by atoms with Crippen molar-refractivity contribution in [2.24, 2.45) is 5.92 Å². The van der Waals surface area contributed by atoms with Crippen LogP contribution in [0, 0.1) is 5.92 Å². The van der Waals surface area contributed by atoms with E-state index < -0.39 is 5.54 Å². The van der Waals surface area contributed by atoms with Crippen LogP contribution in [0.3, 0.4) is 0 Å². The maximum Gasteiger partial charge on any atom is 0.325 e. The Labute approximate surface area is 163 Å². The van der Waals surface area contributed by atoms with Crippen LogP contribution in [0.4, 0.5) is 10.5 Å². The third-order valence-corrected chi connectivity index (χ3v) is 6.03. The maximum absolute atomic E-state index is 12.9. The van der Waals surface area contributed by atoms with Crippen LogP contribution in [0.15, 0.2) is 18.2 Å². The van der Waals surface area contributed by atoms with Crippen LogP contribution in [0.1, 0.15) is 32.1 Å². The van der Waals surface area contributed by atoms with Crippen molar-refractivity contribution in [2.75, 3.05) is 32.2 Å². The lowest BCUT2D eigenvalue weighted by atomic mass is 9.97. The summed E-state index contributed by atoms with van der Waals surface area (Å²) in [5, 5.41) is 2.89. The molecule has 0 radical (unpaired) electrons. The number of rotatable bonds is 5. The molecule has 1 aromatic carbocycles. The van der Waals surface area contributed by atoms with Gasteiger partial charge in [0.2, 0.25) is 5.91 Å². The van der Waals surface area contributed by atoms with Crippen molar-refractivity contribution in [2.45, 2.75) is 37.6 Å². The molecule has 1 atom stereocenters. The van der Waals surface area contributed by atoms with Crippen molar-refractivity contribution in [3.8, 4) is 11.5 Å². The average molecular weight is 387 g/mol. The van der Waals surface area contributed by atoms with Crippen LogP contribution in [0.5, 0.6) is 11.5 Å². The standard InChI is InChI=1S/C20H25N3O5/c1-27-14-5-6-16(28-2)15(10-14)22-11-13(9-17(22)24)12-23-18(25)20(21-19(23)26)7-3-4-8-20/h5-6,10,13H,3-4,7-9,11-12H2,1-2H3,(H,21,26). The molecule has 150 valence electrons. The van der Waals surface area contributed by atoms with Gasteiger partial charge < -0.3 is 19.7 Å². The number of benzene rings is 1. The first-order valence-corrected chi connectivity index (χ1v) is 9.64. The SMILES string of the molecule is COc1ccc(OC)c(N2CC(CN3C(=O)NC4(CCCC4)C3=O)CC2=O)c1. The zero-order valence-corrected chi connectivity index (χ0v) is 16.2. The lowest BCUT2D eigenvalue weighted by Gasteiger charge is -2.22. The zero-order valence-electron chi connectivity index (χ0n) is 16.2. The number of urea groups is 1. The number of nitrogens with zero attached hydrogens (tertiary/aromatic N) is 2. The summed E-state index contributed by atoms with van der Waals surface area (Å²) in [5.74, 6) is 0.896. The first kappa shape index (κ1) is 18.6. The number of imide groups is 1. The fraction of sp³-hybridized carbons (Fsp3) is 0.550. The van der Waals surface area contributed by atoms with E-state index >= 15 is 0 Å². The number of carbonyl (C=O) groups is 3. The Kier molecular flexibility index (Phi) is 4.64. The number of ether oxygens (including phenoxy) is 2. The Balaban J connectivity index is 1.50. The van der Waals surface area contributed by atoms with Crippen molar-refractivity contribution in [3.63, 3.8) is 0 Å². The number of methoxy groups -OCH3 is 2. The molecule has 1 saturated carbocycles. The summed E-state index contributed by atoms with van der Waals surface area (Å²) in [7, 11) is 3.12. The molecule has 1 N–H and O–H groups in total. The number of hydrogen-bond acceptors (Lipinski definition) is 5. The van der Waals surface area contributed by atoms with Gasteiger partial charge in [0.05, 0.1) is 19.9 Å². The largest absolute Gasteiger partial charge is 0.497 e. The fourth-order valence-corrected chi connectivity index (χ4v) is 4.56. The van der Waals surface area contributed by atoms with Gasteiger partial charge in [0.1, 0.15) is 17.0 Å². The van der Waals surface area contributed by atoms with Gasteiger partial charge in [-0.3, -0.25) is 14.5 Å². The summed E-state index contributed by atoms with van der Waals surface area (Å²) in [6.07, 6.45) is 3.58. The van der Waals surface area contributed by atoms with Crippen molar-refractivity contribution in [3.05, 3.63) is 18.2 Å². The summed E-state index contributed by atoms with van der Waals surface area (Å²) >= 11 is 0. The summed E-state index contributed by atoms with van der Waals surface area (Å²) in [6, 6.07) is 4.96. The first-order chi connectivity index (χ1) is 13.5. The van der Waals surface area contributed by atoms with Crippen molar-refractivity contribution >= 4 is 23.5 Å². The molecule has 1 aromatic rings. The van der Waals surface area contributed by atoms with Gasteiger partial charge in [-0.2, -0.15) is 0 Å². The molecular weight excluding hydrogens is 362 g/mol. The van der Waals surface area contributed by atoms with E-state index in [2.05, 4.69) is 5.32 Å². The third-order valence-electron chi connectivity index (χ3n) is 6.03. The molecule has 8 heteroatoms. The number of hydrogen-bond donors (Lipinski definition) is 1. The lowest BCUT2D eigenvalue weighted by Crippen LogP contribution is -2.44. The number of carbonyl (C=O) groups excluding carboxylic acids is 3. The van der Waals surface area contributed by atoms with Crippen LogP contribution >= 0.6 is 0 Å². The molecule has 2 heterocycles. The molecule has 3 aliphatic rings. The Morgan fingerprint density at radius 1 is 1.14 bits per heavy atom. The summed E-state index contributed by atoms with van der Waals surface area (Å²) < 4.78 is 10.7. The highest BCUT2D eigenvalue weighted by Crippen LogP contribution is 2.38. The van der Waals surface area contributed by atoms with E-state index in [1.807, 2.05) is 0 Å². The van der Waals surface area contributed by atoms with E-state index in [0.29, 0.717) is 36.6 Å². The highest BCUT2D eigenvalue weighted by Gasteiger charge is 2.53. The molecule has 0 bridgehead atoms. The summed E-state index contributed by atoms with van der Waals surface area (Å²) in [5.41, 5.74) is -0.0751. The summed E-state index contributed by atoms with van der Waals surface area (Å²) in [6.45, 7) is 0.674. The molecule has 1 unspecified atom stereocenters. The van der Waals surface area contributed by atoms with Gasteiger partial charge >= 0.3 is 6.03 Å². The lowest BCUT2D eigenvalue weighted by molar-refractivity contribution is -0.131. The normalized spacial score (nSPS) is 23.6.